The van der Waals surface area contributed by atoms with Crippen LogP contribution in [0.4, 0.5) is 10.5 Å². The van der Waals surface area contributed by atoms with Gasteiger partial charge in [0, 0.05) is 53.9 Å². The smallest absolute Gasteiger partial charge is 0.414 e. The molecule has 1 aromatic rings. The first-order chi connectivity index (χ1) is 23.7. The molecule has 270 valence electrons. The lowest BCUT2D eigenvalue weighted by Gasteiger charge is -2.46. The number of carbonyl (C=O) groups is 5. The highest BCUT2D eigenvalue weighted by atomic mass is 32.2. The quantitative estimate of drug-likeness (QED) is 0.0582. The number of aliphatic hydroxyl groups excluding tert-OH is 1. The maximum atomic E-state index is 13.5. The van der Waals surface area contributed by atoms with Gasteiger partial charge in [0.25, 0.3) is 5.69 Å². The van der Waals surface area contributed by atoms with Crippen LogP contribution in [0, 0.1) is 27.4 Å². The summed E-state index contributed by atoms with van der Waals surface area (Å²) in [5.41, 5.74) is 0.369. The molecule has 5 rings (SSSR count). The van der Waals surface area contributed by atoms with Gasteiger partial charge in [0.15, 0.2) is 5.96 Å². The van der Waals surface area contributed by atoms with Crippen molar-refractivity contribution >= 4 is 53.2 Å². The summed E-state index contributed by atoms with van der Waals surface area (Å²) in [6.45, 7) is 4.17. The number of amides is 4. The molecule has 0 saturated carbocycles. The molecule has 0 aliphatic carbocycles. The molecule has 4 heterocycles. The number of nitrogens with one attached hydrogen (secondary N) is 4. The third-order valence-corrected chi connectivity index (χ3v) is 10.9. The number of fused-ring (bicyclic) bond motifs is 1. The topological polar surface area (TPSA) is 248 Å². The van der Waals surface area contributed by atoms with Crippen molar-refractivity contribution in [2.75, 3.05) is 33.2 Å². The van der Waals surface area contributed by atoms with Crippen molar-refractivity contribution < 1.29 is 43.8 Å². The molecule has 0 bridgehead atoms. The highest BCUT2D eigenvalue weighted by Gasteiger charge is 2.60. The predicted octanol–water partition coefficient (Wildman–Crippen LogP) is 0.0221. The fourth-order valence-electron chi connectivity index (χ4n) is 6.97. The van der Waals surface area contributed by atoms with E-state index < -0.39 is 53.0 Å². The molecular weight excluding hydrogens is 676 g/mol. The number of likely N-dealkylation sites (N-methyl/N-ethyl adjacent to an activating group) is 1. The Bertz CT molecular complexity index is 1600. The van der Waals surface area contributed by atoms with Gasteiger partial charge in [-0.05, 0) is 44.5 Å². The van der Waals surface area contributed by atoms with Crippen molar-refractivity contribution in [1.29, 1.82) is 5.41 Å². The van der Waals surface area contributed by atoms with E-state index in [9.17, 15) is 44.3 Å². The predicted molar refractivity (Wildman–Crippen MR) is 177 cm³/mol. The Morgan fingerprint density at radius 1 is 1.20 bits per heavy atom. The first-order valence-electron chi connectivity index (χ1n) is 16.1. The van der Waals surface area contributed by atoms with E-state index >= 15 is 0 Å². The van der Waals surface area contributed by atoms with Gasteiger partial charge < -0.3 is 35.4 Å². The molecule has 0 aromatic heterocycles. The van der Waals surface area contributed by atoms with Gasteiger partial charge in [-0.15, -0.1) is 11.8 Å². The minimum atomic E-state index is -1.19. The summed E-state index contributed by atoms with van der Waals surface area (Å²) >= 11 is 1.39. The van der Waals surface area contributed by atoms with Crippen LogP contribution >= 0.6 is 11.8 Å². The van der Waals surface area contributed by atoms with Crippen LogP contribution in [-0.4, -0.2) is 128 Å². The van der Waals surface area contributed by atoms with E-state index in [4.69, 9.17) is 10.1 Å². The molecular formula is C31H40N8O10S. The van der Waals surface area contributed by atoms with Gasteiger partial charge in [0.2, 0.25) is 17.7 Å². The fraction of sp³-hybridized carbons (Fsp3) is 0.548. The Hall–Kier alpha value is -4.75. The lowest BCUT2D eigenvalue weighted by Crippen LogP contribution is -2.63. The highest BCUT2D eigenvalue weighted by Crippen LogP contribution is 2.52. The zero-order valence-electron chi connectivity index (χ0n) is 27.7. The Balaban J connectivity index is 1.04. The van der Waals surface area contributed by atoms with Crippen molar-refractivity contribution in [2.45, 2.75) is 62.8 Å². The summed E-state index contributed by atoms with van der Waals surface area (Å²) in [6.07, 6.45) is -0.838. The first-order valence-corrected chi connectivity index (χ1v) is 17.0. The van der Waals surface area contributed by atoms with E-state index in [1.165, 1.54) is 47.9 Å². The van der Waals surface area contributed by atoms with Crippen LogP contribution < -0.4 is 16.0 Å². The molecule has 50 heavy (non-hydrogen) atoms. The molecule has 1 aromatic carbocycles. The second kappa shape index (κ2) is 15.0. The monoisotopic (exact) mass is 716 g/mol. The molecule has 3 fully saturated rings. The van der Waals surface area contributed by atoms with E-state index in [2.05, 4.69) is 16.0 Å². The van der Waals surface area contributed by atoms with Gasteiger partial charge in [-0.25, -0.2) is 9.59 Å². The van der Waals surface area contributed by atoms with Crippen LogP contribution in [0.2, 0.25) is 0 Å². The van der Waals surface area contributed by atoms with E-state index in [0.29, 0.717) is 42.9 Å². The van der Waals surface area contributed by atoms with E-state index in [0.717, 1.165) is 0 Å². The van der Waals surface area contributed by atoms with Crippen LogP contribution in [0.25, 0.3) is 0 Å². The first kappa shape index (κ1) is 36.5. The van der Waals surface area contributed by atoms with Gasteiger partial charge in [-0.1, -0.05) is 6.92 Å². The Morgan fingerprint density at radius 2 is 1.90 bits per heavy atom. The number of thioether (sulfide) groups is 1. The van der Waals surface area contributed by atoms with Gasteiger partial charge >= 0.3 is 12.1 Å². The normalized spacial score (nSPS) is 26.6. The number of likely N-dealkylation sites (tertiary alicyclic amines) is 2. The molecule has 18 nitrogen and oxygen atoms in total. The van der Waals surface area contributed by atoms with Crippen LogP contribution in [-0.2, 0) is 30.5 Å². The number of hydrogen-bond donors (Lipinski definition) is 6. The summed E-state index contributed by atoms with van der Waals surface area (Å²) in [7, 11) is 1.84. The van der Waals surface area contributed by atoms with Crippen LogP contribution in [0.3, 0.4) is 0 Å². The second-order valence-electron chi connectivity index (χ2n) is 12.9. The number of benzene rings is 1. The van der Waals surface area contributed by atoms with Gasteiger partial charge in [0.05, 0.1) is 35.6 Å². The number of guanidine groups is 1. The summed E-state index contributed by atoms with van der Waals surface area (Å²) in [5, 5.41) is 46.0. The van der Waals surface area contributed by atoms with Crippen molar-refractivity contribution in [3.63, 3.8) is 0 Å². The second-order valence-corrected chi connectivity index (χ2v) is 14.2. The molecule has 3 saturated heterocycles. The Morgan fingerprint density at radius 3 is 2.54 bits per heavy atom. The number of nitro benzene ring substituents is 1. The molecule has 0 unspecified atom stereocenters. The maximum Gasteiger partial charge on any atom is 0.414 e. The van der Waals surface area contributed by atoms with E-state index in [-0.39, 0.29) is 53.6 Å². The number of ether oxygens (including phenoxy) is 1. The van der Waals surface area contributed by atoms with Crippen LogP contribution in [0.5, 0.6) is 0 Å². The van der Waals surface area contributed by atoms with Crippen molar-refractivity contribution in [2.24, 2.45) is 11.8 Å². The summed E-state index contributed by atoms with van der Waals surface area (Å²) < 4.78 is 4.99. The average molecular weight is 717 g/mol. The number of nitro groups is 1. The number of rotatable bonds is 11. The van der Waals surface area contributed by atoms with Crippen molar-refractivity contribution in [1.82, 2.24) is 30.7 Å². The largest absolute Gasteiger partial charge is 0.477 e. The Labute approximate surface area is 291 Å². The molecule has 6 N–H and O–H groups in total. The number of hydrogen-bond acceptors (Lipinski definition) is 12. The lowest BCUT2D eigenvalue weighted by atomic mass is 9.79. The standard InChI is InChI=1S/C31H40N8O10S/c1-15-24-23(16(2)40)28(43)38(24)25(29(44)45)26(15)50-20-10-21(36(3)13-20)27(42)37-9-8-18(12-37)34-22(41)11-33-30(32)35-31(46)49-14-17-4-6-19(7-5-17)39(47)48/h4-7,15-16,18,20-21,23-24,40H,8-14H2,1-3H3,(H,34,41)(H,44,45)(H3,32,33,35,46)/t15-,16-,18+,20+,21+,23-,24-/m1/s1. The summed E-state index contributed by atoms with van der Waals surface area (Å²) in [5.74, 6) is -3.49. The van der Waals surface area contributed by atoms with Crippen molar-refractivity contribution in [3.8, 4) is 0 Å². The summed E-state index contributed by atoms with van der Waals surface area (Å²) in [4.78, 5) is 78.6. The molecule has 4 amide bonds. The highest BCUT2D eigenvalue weighted by molar-refractivity contribution is 8.03. The number of alkyl carbamates (subject to hydrolysis) is 1. The minimum Gasteiger partial charge on any atom is -0.477 e. The zero-order chi connectivity index (χ0) is 36.4. The average Bonchev–Trinajstić information content (AvgIpc) is 3.73. The number of carboxylic acids is 1. The SMILES string of the molecule is C[C@@H](O)[C@H]1C(=O)N2C(C(=O)O)=C(S[C@H]3C[C@@H](C(=O)N4CC[C@H](NC(=O)CNC(=N)NC(=O)OCc5ccc([N+](=O)[O-])cc5)C4)N(C)C3)[C@H](C)[C@H]12. The number of aliphatic hydroxyl groups is 1. The summed E-state index contributed by atoms with van der Waals surface area (Å²) in [6, 6.07) is 4.27. The molecule has 0 spiro atoms. The molecule has 7 atom stereocenters. The molecule has 4 aliphatic rings. The fourth-order valence-corrected chi connectivity index (χ4v) is 8.57. The van der Waals surface area contributed by atoms with Crippen LogP contribution in [0.15, 0.2) is 34.9 Å². The zero-order valence-corrected chi connectivity index (χ0v) is 28.5. The number of nitrogens with zero attached hydrogens (tertiary/aromatic N) is 4. The number of carbonyl (C=O) groups excluding carboxylic acids is 4. The minimum absolute atomic E-state index is 0.0371. The lowest BCUT2D eigenvalue weighted by molar-refractivity contribution is -0.384. The molecule has 4 aliphatic heterocycles. The van der Waals surface area contributed by atoms with E-state index in [1.807, 2.05) is 18.9 Å². The maximum absolute atomic E-state index is 13.5. The third kappa shape index (κ3) is 7.68. The van der Waals surface area contributed by atoms with Gasteiger partial charge in [0.1, 0.15) is 12.3 Å². The number of carboxylic acid groups (broad SMARTS) is 1. The van der Waals surface area contributed by atoms with Crippen LogP contribution in [0.1, 0.15) is 32.3 Å². The number of non-ortho nitro benzene ring substituents is 1. The Kier molecular flexibility index (Phi) is 11.0. The third-order valence-electron chi connectivity index (χ3n) is 9.43. The van der Waals surface area contributed by atoms with Gasteiger partial charge in [-0.3, -0.25) is 40.1 Å². The van der Waals surface area contributed by atoms with E-state index in [1.54, 1.807) is 4.90 Å². The molecule has 19 heteroatoms. The van der Waals surface area contributed by atoms with Gasteiger partial charge in [-0.2, -0.15) is 0 Å². The number of aliphatic carboxylic acids is 1. The molecule has 0 radical (unpaired) electrons. The number of β-lactam (4-membered cyclic amide) rings is 1. The van der Waals surface area contributed by atoms with Crippen molar-refractivity contribution in [3.05, 3.63) is 50.5 Å².